The zero-order valence-electron chi connectivity index (χ0n) is 10.9. The van der Waals surface area contributed by atoms with Crippen LogP contribution in [0.25, 0.3) is 0 Å². The maximum absolute atomic E-state index is 5.90. The number of hydrogen-bond acceptors (Lipinski definition) is 4. The second-order valence-electron chi connectivity index (χ2n) is 4.67. The second-order valence-corrected chi connectivity index (χ2v) is 4.67. The first-order chi connectivity index (χ1) is 9.24. The summed E-state index contributed by atoms with van der Waals surface area (Å²) in [5.41, 5.74) is 6.95. The SMILES string of the molecule is Cn1ccnc1CCOc1ccc2c(c1)OCC2N. The Hall–Kier alpha value is -2.01. The third kappa shape index (κ3) is 2.42. The van der Waals surface area contributed by atoms with Crippen molar-refractivity contribution in [3.05, 3.63) is 42.0 Å². The van der Waals surface area contributed by atoms with Gasteiger partial charge in [0, 0.05) is 37.5 Å². The predicted molar refractivity (Wildman–Crippen MR) is 71.3 cm³/mol. The summed E-state index contributed by atoms with van der Waals surface area (Å²) < 4.78 is 13.2. The molecule has 0 amide bonds. The van der Waals surface area contributed by atoms with Gasteiger partial charge < -0.3 is 19.8 Å². The fourth-order valence-corrected chi connectivity index (χ4v) is 2.20. The van der Waals surface area contributed by atoms with Crippen LogP contribution in [0, 0.1) is 0 Å². The van der Waals surface area contributed by atoms with E-state index < -0.39 is 0 Å². The highest BCUT2D eigenvalue weighted by Crippen LogP contribution is 2.33. The van der Waals surface area contributed by atoms with Crippen molar-refractivity contribution in [2.75, 3.05) is 13.2 Å². The Labute approximate surface area is 112 Å². The molecule has 1 unspecified atom stereocenters. The van der Waals surface area contributed by atoms with Gasteiger partial charge in [0.05, 0.1) is 12.6 Å². The van der Waals surface area contributed by atoms with Gasteiger partial charge in [0.15, 0.2) is 0 Å². The first-order valence-corrected chi connectivity index (χ1v) is 6.35. The van der Waals surface area contributed by atoms with Gasteiger partial charge in [0.2, 0.25) is 0 Å². The summed E-state index contributed by atoms with van der Waals surface area (Å²) in [7, 11) is 1.98. The molecule has 5 heteroatoms. The quantitative estimate of drug-likeness (QED) is 0.902. The summed E-state index contributed by atoms with van der Waals surface area (Å²) in [6.45, 7) is 1.14. The molecule has 1 atom stereocenters. The van der Waals surface area contributed by atoms with Crippen molar-refractivity contribution in [3.63, 3.8) is 0 Å². The van der Waals surface area contributed by atoms with Crippen LogP contribution >= 0.6 is 0 Å². The van der Waals surface area contributed by atoms with E-state index >= 15 is 0 Å². The molecule has 2 heterocycles. The van der Waals surface area contributed by atoms with Crippen LogP contribution in [0.5, 0.6) is 11.5 Å². The molecule has 0 radical (unpaired) electrons. The number of nitrogens with zero attached hydrogens (tertiary/aromatic N) is 2. The number of nitrogens with two attached hydrogens (primary N) is 1. The lowest BCUT2D eigenvalue weighted by molar-refractivity contribution is 0.310. The summed E-state index contributed by atoms with van der Waals surface area (Å²) >= 11 is 0. The lowest BCUT2D eigenvalue weighted by atomic mass is 10.1. The highest BCUT2D eigenvalue weighted by Gasteiger charge is 2.20. The Morgan fingerprint density at radius 1 is 1.53 bits per heavy atom. The third-order valence-corrected chi connectivity index (χ3v) is 3.32. The molecule has 0 fully saturated rings. The van der Waals surface area contributed by atoms with Gasteiger partial charge in [-0.25, -0.2) is 4.98 Å². The van der Waals surface area contributed by atoms with E-state index in [-0.39, 0.29) is 6.04 Å². The minimum absolute atomic E-state index is 0.0170. The molecule has 0 spiro atoms. The lowest BCUT2D eigenvalue weighted by Gasteiger charge is -2.08. The summed E-state index contributed by atoms with van der Waals surface area (Å²) in [6.07, 6.45) is 4.50. The zero-order chi connectivity index (χ0) is 13.2. The van der Waals surface area contributed by atoms with Gasteiger partial charge in [0.1, 0.15) is 23.9 Å². The average Bonchev–Trinajstić information content (AvgIpc) is 2.97. The van der Waals surface area contributed by atoms with E-state index in [1.54, 1.807) is 6.20 Å². The Kier molecular flexibility index (Phi) is 3.13. The molecule has 0 aliphatic carbocycles. The molecule has 0 saturated heterocycles. The number of aromatic nitrogens is 2. The number of hydrogen-bond donors (Lipinski definition) is 1. The van der Waals surface area contributed by atoms with Crippen molar-refractivity contribution >= 4 is 0 Å². The van der Waals surface area contributed by atoms with E-state index in [0.717, 1.165) is 29.3 Å². The van der Waals surface area contributed by atoms with Crippen molar-refractivity contribution in [2.45, 2.75) is 12.5 Å². The van der Waals surface area contributed by atoms with E-state index in [0.29, 0.717) is 13.2 Å². The van der Waals surface area contributed by atoms with Gasteiger partial charge in [-0.2, -0.15) is 0 Å². The fourth-order valence-electron chi connectivity index (χ4n) is 2.20. The smallest absolute Gasteiger partial charge is 0.127 e. The number of fused-ring (bicyclic) bond motifs is 1. The highest BCUT2D eigenvalue weighted by atomic mass is 16.5. The van der Waals surface area contributed by atoms with Crippen molar-refractivity contribution in [1.29, 1.82) is 0 Å². The number of aryl methyl sites for hydroxylation is 1. The number of benzene rings is 1. The highest BCUT2D eigenvalue weighted by molar-refractivity contribution is 5.44. The summed E-state index contributed by atoms with van der Waals surface area (Å²) in [5, 5.41) is 0. The maximum Gasteiger partial charge on any atom is 0.127 e. The summed E-state index contributed by atoms with van der Waals surface area (Å²) in [4.78, 5) is 4.26. The van der Waals surface area contributed by atoms with Crippen molar-refractivity contribution in [2.24, 2.45) is 12.8 Å². The minimum Gasteiger partial charge on any atom is -0.493 e. The molecule has 19 heavy (non-hydrogen) atoms. The number of ether oxygens (including phenoxy) is 2. The van der Waals surface area contributed by atoms with Gasteiger partial charge in [-0.15, -0.1) is 0 Å². The molecule has 2 aromatic rings. The molecule has 5 nitrogen and oxygen atoms in total. The van der Waals surface area contributed by atoms with Crippen LogP contribution in [0.1, 0.15) is 17.4 Å². The molecule has 0 saturated carbocycles. The molecule has 1 aromatic carbocycles. The molecule has 100 valence electrons. The standard InChI is InChI=1S/C14H17N3O2/c1-17-6-5-16-14(17)4-7-18-10-2-3-11-12(15)9-19-13(11)8-10/h2-3,5-6,8,12H,4,7,9,15H2,1H3. The van der Waals surface area contributed by atoms with E-state index in [1.165, 1.54) is 0 Å². The molecule has 1 aliphatic rings. The van der Waals surface area contributed by atoms with Crippen LogP contribution in [0.2, 0.25) is 0 Å². The molecular weight excluding hydrogens is 242 g/mol. The predicted octanol–water partition coefficient (Wildman–Crippen LogP) is 1.43. The number of imidazole rings is 1. The monoisotopic (exact) mass is 259 g/mol. The Morgan fingerprint density at radius 3 is 3.21 bits per heavy atom. The van der Waals surface area contributed by atoms with Crippen LogP contribution in [0.3, 0.4) is 0 Å². The molecule has 3 rings (SSSR count). The second kappa shape index (κ2) is 4.93. The first-order valence-electron chi connectivity index (χ1n) is 6.35. The molecular formula is C14H17N3O2. The Balaban J connectivity index is 1.60. The Morgan fingerprint density at radius 2 is 2.42 bits per heavy atom. The van der Waals surface area contributed by atoms with E-state index in [4.69, 9.17) is 15.2 Å². The first kappa shape index (κ1) is 12.0. The lowest BCUT2D eigenvalue weighted by Crippen LogP contribution is -2.10. The summed E-state index contributed by atoms with van der Waals surface area (Å²) in [5.74, 6) is 2.66. The van der Waals surface area contributed by atoms with Gasteiger partial charge in [-0.05, 0) is 12.1 Å². The molecule has 0 bridgehead atoms. The van der Waals surface area contributed by atoms with Crippen molar-refractivity contribution in [1.82, 2.24) is 9.55 Å². The van der Waals surface area contributed by atoms with Crippen LogP contribution < -0.4 is 15.2 Å². The zero-order valence-corrected chi connectivity index (χ0v) is 10.9. The van der Waals surface area contributed by atoms with E-state index in [2.05, 4.69) is 4.98 Å². The minimum atomic E-state index is -0.0170. The van der Waals surface area contributed by atoms with Crippen LogP contribution in [-0.2, 0) is 13.5 Å². The third-order valence-electron chi connectivity index (χ3n) is 3.32. The van der Waals surface area contributed by atoms with E-state index in [9.17, 15) is 0 Å². The maximum atomic E-state index is 5.90. The molecule has 1 aliphatic heterocycles. The van der Waals surface area contributed by atoms with Gasteiger partial charge in [-0.1, -0.05) is 0 Å². The summed E-state index contributed by atoms with van der Waals surface area (Å²) in [6, 6.07) is 5.80. The average molecular weight is 259 g/mol. The van der Waals surface area contributed by atoms with Crippen LogP contribution in [-0.4, -0.2) is 22.8 Å². The largest absolute Gasteiger partial charge is 0.493 e. The number of rotatable bonds is 4. The fraction of sp³-hybridized carbons (Fsp3) is 0.357. The van der Waals surface area contributed by atoms with Crippen molar-refractivity contribution in [3.8, 4) is 11.5 Å². The van der Waals surface area contributed by atoms with Crippen LogP contribution in [0.15, 0.2) is 30.6 Å². The molecule has 1 aromatic heterocycles. The van der Waals surface area contributed by atoms with Gasteiger partial charge in [-0.3, -0.25) is 0 Å². The topological polar surface area (TPSA) is 62.3 Å². The molecule has 2 N–H and O–H groups in total. The normalized spacial score (nSPS) is 17.1. The van der Waals surface area contributed by atoms with Gasteiger partial charge in [0.25, 0.3) is 0 Å². The van der Waals surface area contributed by atoms with E-state index in [1.807, 2.05) is 36.0 Å². The van der Waals surface area contributed by atoms with Crippen LogP contribution in [0.4, 0.5) is 0 Å². The Bertz CT molecular complexity index is 580. The van der Waals surface area contributed by atoms with Crippen molar-refractivity contribution < 1.29 is 9.47 Å². The van der Waals surface area contributed by atoms with Gasteiger partial charge >= 0.3 is 0 Å².